The highest BCUT2D eigenvalue weighted by molar-refractivity contribution is 6.03. The zero-order valence-electron chi connectivity index (χ0n) is 15.0. The number of rotatable bonds is 5. The van der Waals surface area contributed by atoms with E-state index in [4.69, 9.17) is 29.6 Å². The molecule has 0 saturated heterocycles. The Morgan fingerprint density at radius 3 is 2.07 bits per heavy atom. The SMILES string of the molecule is CCOC(=O)c1c(C)oc(C)c1C(=O)O.O=C(O)Cc1ccc(O)c(O)c1. The van der Waals surface area contributed by atoms with Crippen molar-refractivity contribution in [2.24, 2.45) is 0 Å². The molecular weight excluding hydrogens is 360 g/mol. The van der Waals surface area contributed by atoms with Crippen LogP contribution in [0.1, 0.15) is 44.7 Å². The molecule has 9 nitrogen and oxygen atoms in total. The molecule has 0 amide bonds. The molecule has 4 N–H and O–H groups in total. The highest BCUT2D eigenvalue weighted by Gasteiger charge is 2.26. The number of hydrogen-bond acceptors (Lipinski definition) is 7. The number of benzene rings is 1. The molecule has 1 aromatic carbocycles. The number of aromatic hydroxyl groups is 2. The number of carboxylic acid groups (broad SMARTS) is 2. The average Bonchev–Trinajstić information content (AvgIpc) is 2.86. The van der Waals surface area contributed by atoms with Crippen LogP contribution in [-0.2, 0) is 16.0 Å². The number of aryl methyl sites for hydroxylation is 2. The number of hydrogen-bond donors (Lipinski definition) is 4. The lowest BCUT2D eigenvalue weighted by atomic mass is 10.1. The Kier molecular flexibility index (Phi) is 7.40. The van der Waals surface area contributed by atoms with Crippen molar-refractivity contribution in [3.63, 3.8) is 0 Å². The molecule has 0 radical (unpaired) electrons. The fourth-order valence-corrected chi connectivity index (χ4v) is 2.24. The number of carboxylic acids is 2. The standard InChI is InChI=1S/C10H12O5.C8H8O4/c1-4-14-10(13)8-6(3)15-5(2)7(8)9(11)12;9-6-2-1-5(3-7(6)10)4-8(11)12/h4H2,1-3H3,(H,11,12);1-3,9-10H,4H2,(H,11,12). The zero-order valence-corrected chi connectivity index (χ0v) is 15.0. The molecule has 1 aromatic heterocycles. The monoisotopic (exact) mass is 380 g/mol. The third-order valence-corrected chi connectivity index (χ3v) is 3.35. The Bertz CT molecular complexity index is 849. The van der Waals surface area contributed by atoms with Crippen molar-refractivity contribution in [2.75, 3.05) is 6.61 Å². The maximum Gasteiger partial charge on any atom is 0.342 e. The van der Waals surface area contributed by atoms with Crippen molar-refractivity contribution in [3.05, 3.63) is 46.4 Å². The lowest BCUT2D eigenvalue weighted by molar-refractivity contribution is -0.136. The smallest absolute Gasteiger partial charge is 0.342 e. The summed E-state index contributed by atoms with van der Waals surface area (Å²) in [5.74, 6) is -2.89. The van der Waals surface area contributed by atoms with Crippen LogP contribution in [-0.4, -0.2) is 44.9 Å². The number of furan rings is 1. The van der Waals surface area contributed by atoms with Gasteiger partial charge >= 0.3 is 17.9 Å². The van der Waals surface area contributed by atoms with Crippen LogP contribution in [0.15, 0.2) is 22.6 Å². The topological polar surface area (TPSA) is 154 Å². The van der Waals surface area contributed by atoms with Crippen LogP contribution in [0.25, 0.3) is 0 Å². The molecule has 0 aliphatic carbocycles. The van der Waals surface area contributed by atoms with E-state index in [-0.39, 0.29) is 47.2 Å². The average molecular weight is 380 g/mol. The third kappa shape index (κ3) is 5.77. The predicted molar refractivity (Wildman–Crippen MR) is 92.2 cm³/mol. The van der Waals surface area contributed by atoms with Crippen molar-refractivity contribution < 1.29 is 44.0 Å². The minimum atomic E-state index is -1.19. The van der Waals surface area contributed by atoms with Gasteiger partial charge in [-0.1, -0.05) is 6.07 Å². The number of esters is 1. The summed E-state index contributed by atoms with van der Waals surface area (Å²) in [5, 5.41) is 35.1. The van der Waals surface area contributed by atoms with Crippen LogP contribution >= 0.6 is 0 Å². The van der Waals surface area contributed by atoms with Crippen LogP contribution in [0.2, 0.25) is 0 Å². The minimum absolute atomic E-state index is 0.00171. The Morgan fingerprint density at radius 1 is 1.00 bits per heavy atom. The van der Waals surface area contributed by atoms with Crippen molar-refractivity contribution in [1.82, 2.24) is 0 Å². The highest BCUT2D eigenvalue weighted by Crippen LogP contribution is 2.25. The van der Waals surface area contributed by atoms with Gasteiger partial charge in [0, 0.05) is 0 Å². The second-order valence-corrected chi connectivity index (χ2v) is 5.38. The molecule has 0 bridgehead atoms. The molecule has 0 fully saturated rings. The molecule has 2 aromatic rings. The van der Waals surface area contributed by atoms with Crippen molar-refractivity contribution >= 4 is 17.9 Å². The Labute approximate surface area is 154 Å². The van der Waals surface area contributed by atoms with Crippen molar-refractivity contribution in [2.45, 2.75) is 27.2 Å². The molecule has 146 valence electrons. The van der Waals surface area contributed by atoms with Crippen molar-refractivity contribution in [3.8, 4) is 11.5 Å². The van der Waals surface area contributed by atoms with Gasteiger partial charge in [0.25, 0.3) is 0 Å². The van der Waals surface area contributed by atoms with E-state index in [1.54, 1.807) is 6.92 Å². The number of aromatic carboxylic acids is 1. The van der Waals surface area contributed by atoms with Gasteiger partial charge in [0.1, 0.15) is 22.6 Å². The molecule has 0 aliphatic rings. The van der Waals surface area contributed by atoms with E-state index in [2.05, 4.69) is 0 Å². The van der Waals surface area contributed by atoms with Gasteiger partial charge in [0.2, 0.25) is 0 Å². The maximum atomic E-state index is 11.5. The molecule has 0 atom stereocenters. The van der Waals surface area contributed by atoms with Gasteiger partial charge in [-0.2, -0.15) is 0 Å². The summed E-state index contributed by atoms with van der Waals surface area (Å²) in [5.41, 5.74) is 0.339. The largest absolute Gasteiger partial charge is 0.504 e. The van der Waals surface area contributed by atoms with Crippen LogP contribution in [0.5, 0.6) is 11.5 Å². The minimum Gasteiger partial charge on any atom is -0.504 e. The quantitative estimate of drug-likeness (QED) is 0.452. The maximum absolute atomic E-state index is 11.5. The summed E-state index contributed by atoms with van der Waals surface area (Å²) in [6.07, 6.45) is -0.159. The molecular formula is C18H20O9. The first-order chi connectivity index (χ1) is 12.6. The predicted octanol–water partition coefficient (Wildman–Crippen LogP) is 2.50. The number of aliphatic carboxylic acids is 1. The molecule has 27 heavy (non-hydrogen) atoms. The van der Waals surface area contributed by atoms with Gasteiger partial charge in [-0.15, -0.1) is 0 Å². The van der Waals surface area contributed by atoms with Crippen LogP contribution in [0, 0.1) is 13.8 Å². The van der Waals surface area contributed by atoms with Crippen LogP contribution in [0.3, 0.4) is 0 Å². The summed E-state index contributed by atoms with van der Waals surface area (Å²) in [6.45, 7) is 4.88. The Morgan fingerprint density at radius 2 is 1.59 bits per heavy atom. The van der Waals surface area contributed by atoms with Gasteiger partial charge in [0.05, 0.1) is 13.0 Å². The van der Waals surface area contributed by atoms with E-state index in [9.17, 15) is 14.4 Å². The zero-order chi connectivity index (χ0) is 20.7. The molecule has 2 rings (SSSR count). The van der Waals surface area contributed by atoms with E-state index >= 15 is 0 Å². The number of carbonyl (C=O) groups excluding carboxylic acids is 1. The number of carbonyl (C=O) groups is 3. The van der Waals surface area contributed by atoms with Crippen molar-refractivity contribution in [1.29, 1.82) is 0 Å². The second-order valence-electron chi connectivity index (χ2n) is 5.38. The van der Waals surface area contributed by atoms with E-state index in [0.29, 0.717) is 5.56 Å². The number of phenolic OH excluding ortho intramolecular Hbond substituents is 2. The molecule has 1 heterocycles. The first-order valence-corrected chi connectivity index (χ1v) is 7.81. The van der Waals surface area contributed by atoms with Crippen LogP contribution in [0.4, 0.5) is 0 Å². The molecule has 0 saturated carbocycles. The first kappa shape index (κ1) is 21.6. The molecule has 0 aliphatic heterocycles. The Balaban J connectivity index is 0.000000277. The van der Waals surface area contributed by atoms with E-state index in [1.807, 2.05) is 0 Å². The Hall–Kier alpha value is -3.49. The highest BCUT2D eigenvalue weighted by atomic mass is 16.5. The van der Waals surface area contributed by atoms with E-state index in [0.717, 1.165) is 0 Å². The second kappa shape index (κ2) is 9.27. The van der Waals surface area contributed by atoms with Crippen LogP contribution < -0.4 is 0 Å². The molecule has 0 spiro atoms. The first-order valence-electron chi connectivity index (χ1n) is 7.81. The van der Waals surface area contributed by atoms with Gasteiger partial charge in [-0.3, -0.25) is 4.79 Å². The lowest BCUT2D eigenvalue weighted by Crippen LogP contribution is -2.11. The number of phenols is 2. The van der Waals surface area contributed by atoms with Gasteiger partial charge in [-0.05, 0) is 38.5 Å². The van der Waals surface area contributed by atoms with E-state index in [1.165, 1.54) is 32.0 Å². The number of ether oxygens (including phenoxy) is 1. The fourth-order valence-electron chi connectivity index (χ4n) is 2.24. The summed E-state index contributed by atoms with van der Waals surface area (Å²) in [6, 6.07) is 3.93. The molecule has 9 heteroatoms. The van der Waals surface area contributed by atoms with Gasteiger partial charge < -0.3 is 29.6 Å². The summed E-state index contributed by atoms with van der Waals surface area (Å²) in [7, 11) is 0. The summed E-state index contributed by atoms with van der Waals surface area (Å²) < 4.78 is 9.84. The van der Waals surface area contributed by atoms with Gasteiger partial charge in [-0.25, -0.2) is 9.59 Å². The summed E-state index contributed by atoms with van der Waals surface area (Å²) in [4.78, 5) is 32.6. The normalized spacial score (nSPS) is 9.89. The third-order valence-electron chi connectivity index (χ3n) is 3.35. The van der Waals surface area contributed by atoms with Gasteiger partial charge in [0.15, 0.2) is 11.5 Å². The molecule has 0 unspecified atom stereocenters. The summed E-state index contributed by atoms with van der Waals surface area (Å²) >= 11 is 0. The lowest BCUT2D eigenvalue weighted by Gasteiger charge is -2.00. The fraction of sp³-hybridized carbons (Fsp3) is 0.278. The van der Waals surface area contributed by atoms with E-state index < -0.39 is 17.9 Å².